The number of hydrogen-bond acceptors (Lipinski definition) is 1. The number of carbonyl (C=O) groups excluding carboxylic acids is 1. The SMILES string of the molecule is O=C(C(Br)Cc1ccccc1Cl)N(Cc1ccccc1)c1ccccc1. The molecule has 4 heteroatoms. The van der Waals surface area contributed by atoms with Gasteiger partial charge >= 0.3 is 0 Å². The Labute approximate surface area is 167 Å². The van der Waals surface area contributed by atoms with Gasteiger partial charge < -0.3 is 4.90 Å². The maximum atomic E-state index is 13.2. The van der Waals surface area contributed by atoms with E-state index < -0.39 is 0 Å². The first kappa shape index (κ1) is 18.7. The highest BCUT2D eigenvalue weighted by molar-refractivity contribution is 9.10. The molecule has 0 saturated carbocycles. The first-order valence-corrected chi connectivity index (χ1v) is 9.72. The maximum absolute atomic E-state index is 13.2. The largest absolute Gasteiger partial charge is 0.307 e. The van der Waals surface area contributed by atoms with E-state index in [1.165, 1.54) is 0 Å². The minimum atomic E-state index is -0.355. The summed E-state index contributed by atoms with van der Waals surface area (Å²) in [5.74, 6) is 0.0139. The minimum absolute atomic E-state index is 0.0139. The fourth-order valence-corrected chi connectivity index (χ4v) is 3.59. The van der Waals surface area contributed by atoms with Crippen LogP contribution in [0, 0.1) is 0 Å². The lowest BCUT2D eigenvalue weighted by Gasteiger charge is -2.25. The highest BCUT2D eigenvalue weighted by Crippen LogP contribution is 2.24. The number of rotatable bonds is 6. The van der Waals surface area contributed by atoms with Crippen molar-refractivity contribution in [3.8, 4) is 0 Å². The van der Waals surface area contributed by atoms with Crippen LogP contribution in [0.4, 0.5) is 5.69 Å². The van der Waals surface area contributed by atoms with Crippen LogP contribution in [0.25, 0.3) is 0 Å². The van der Waals surface area contributed by atoms with Crippen molar-refractivity contribution in [2.24, 2.45) is 0 Å². The van der Waals surface area contributed by atoms with Crippen molar-refractivity contribution in [1.29, 1.82) is 0 Å². The molecule has 1 unspecified atom stereocenters. The summed E-state index contributed by atoms with van der Waals surface area (Å²) in [4.78, 5) is 14.7. The third-order valence-electron chi connectivity index (χ3n) is 4.14. The molecular weight excluding hydrogens is 410 g/mol. The predicted molar refractivity (Wildman–Crippen MR) is 112 cm³/mol. The van der Waals surface area contributed by atoms with Gasteiger partial charge in [-0.15, -0.1) is 0 Å². The van der Waals surface area contributed by atoms with Crippen LogP contribution < -0.4 is 4.90 Å². The summed E-state index contributed by atoms with van der Waals surface area (Å²) < 4.78 is 0. The molecule has 0 spiro atoms. The van der Waals surface area contributed by atoms with Crippen molar-refractivity contribution in [1.82, 2.24) is 0 Å². The number of carbonyl (C=O) groups is 1. The smallest absolute Gasteiger partial charge is 0.241 e. The van der Waals surface area contributed by atoms with Gasteiger partial charge in [0.2, 0.25) is 5.91 Å². The van der Waals surface area contributed by atoms with Crippen LogP contribution in [-0.4, -0.2) is 10.7 Å². The molecule has 0 N–H and O–H groups in total. The molecule has 0 radical (unpaired) electrons. The number of halogens is 2. The van der Waals surface area contributed by atoms with Gasteiger partial charge in [-0.3, -0.25) is 4.79 Å². The lowest BCUT2D eigenvalue weighted by molar-refractivity contribution is -0.118. The Kier molecular flexibility index (Phi) is 6.48. The van der Waals surface area contributed by atoms with Gasteiger partial charge in [-0.1, -0.05) is 94.3 Å². The molecule has 132 valence electrons. The van der Waals surface area contributed by atoms with E-state index in [0.29, 0.717) is 18.0 Å². The summed E-state index contributed by atoms with van der Waals surface area (Å²) in [5.41, 5.74) is 2.92. The Morgan fingerprint density at radius 1 is 0.885 bits per heavy atom. The van der Waals surface area contributed by atoms with Crippen molar-refractivity contribution in [3.05, 3.63) is 101 Å². The second-order valence-corrected chi connectivity index (χ2v) is 7.52. The second-order valence-electron chi connectivity index (χ2n) is 6.01. The predicted octanol–water partition coefficient (Wildman–Crippen LogP) is 5.88. The fourth-order valence-electron chi connectivity index (χ4n) is 2.78. The van der Waals surface area contributed by atoms with Gasteiger partial charge in [-0.05, 0) is 35.7 Å². The summed E-state index contributed by atoms with van der Waals surface area (Å²) in [5, 5.41) is 0.680. The molecule has 3 aromatic carbocycles. The summed E-state index contributed by atoms with van der Waals surface area (Å²) in [6.45, 7) is 0.522. The molecule has 0 heterocycles. The quantitative estimate of drug-likeness (QED) is 0.449. The molecule has 1 amide bonds. The number of amides is 1. The van der Waals surface area contributed by atoms with Crippen LogP contribution in [-0.2, 0) is 17.8 Å². The Hall–Kier alpha value is -2.10. The average Bonchev–Trinajstić information content (AvgIpc) is 2.69. The molecule has 3 aromatic rings. The first-order chi connectivity index (χ1) is 12.6. The first-order valence-electron chi connectivity index (χ1n) is 8.43. The van der Waals surface area contributed by atoms with Crippen LogP contribution in [0.15, 0.2) is 84.9 Å². The number of alkyl halides is 1. The van der Waals surface area contributed by atoms with E-state index in [0.717, 1.165) is 16.8 Å². The average molecular weight is 429 g/mol. The van der Waals surface area contributed by atoms with E-state index in [4.69, 9.17) is 11.6 Å². The highest BCUT2D eigenvalue weighted by atomic mass is 79.9. The number of anilines is 1. The van der Waals surface area contributed by atoms with Crippen molar-refractivity contribution in [3.63, 3.8) is 0 Å². The van der Waals surface area contributed by atoms with E-state index in [1.807, 2.05) is 89.8 Å². The Bertz CT molecular complexity index is 854. The highest BCUT2D eigenvalue weighted by Gasteiger charge is 2.24. The second kappa shape index (κ2) is 9.02. The van der Waals surface area contributed by atoms with E-state index in [9.17, 15) is 4.79 Å². The Morgan fingerprint density at radius 3 is 2.12 bits per heavy atom. The van der Waals surface area contributed by atoms with Gasteiger partial charge in [0, 0.05) is 10.7 Å². The standard InChI is InChI=1S/C22H19BrClNO/c23-20(15-18-11-7-8-14-21(18)24)22(26)25(19-12-5-2-6-13-19)16-17-9-3-1-4-10-17/h1-14,20H,15-16H2. The van der Waals surface area contributed by atoms with Gasteiger partial charge in [0.05, 0.1) is 11.4 Å². The van der Waals surface area contributed by atoms with Crippen LogP contribution in [0.5, 0.6) is 0 Å². The van der Waals surface area contributed by atoms with Gasteiger partial charge in [0.1, 0.15) is 0 Å². The normalized spacial score (nSPS) is 11.8. The van der Waals surface area contributed by atoms with E-state index in [2.05, 4.69) is 15.9 Å². The van der Waals surface area contributed by atoms with Gasteiger partial charge in [-0.25, -0.2) is 0 Å². The van der Waals surface area contributed by atoms with Crippen molar-refractivity contribution in [2.75, 3.05) is 4.90 Å². The van der Waals surface area contributed by atoms with Crippen LogP contribution in [0.3, 0.4) is 0 Å². The molecule has 0 aliphatic rings. The van der Waals surface area contributed by atoms with Crippen LogP contribution >= 0.6 is 27.5 Å². The van der Waals surface area contributed by atoms with Gasteiger partial charge in [-0.2, -0.15) is 0 Å². The number of benzene rings is 3. The maximum Gasteiger partial charge on any atom is 0.241 e. The summed E-state index contributed by atoms with van der Waals surface area (Å²) in [6, 6.07) is 27.4. The number of nitrogens with zero attached hydrogens (tertiary/aromatic N) is 1. The topological polar surface area (TPSA) is 20.3 Å². The van der Waals surface area contributed by atoms with Crippen molar-refractivity contribution >= 4 is 39.1 Å². The number of hydrogen-bond donors (Lipinski definition) is 0. The van der Waals surface area contributed by atoms with E-state index in [1.54, 1.807) is 0 Å². The molecule has 3 rings (SSSR count). The van der Waals surface area contributed by atoms with Gasteiger partial charge in [0.15, 0.2) is 0 Å². The van der Waals surface area contributed by atoms with E-state index >= 15 is 0 Å². The van der Waals surface area contributed by atoms with Crippen molar-refractivity contribution < 1.29 is 4.79 Å². The zero-order valence-electron chi connectivity index (χ0n) is 14.2. The molecule has 26 heavy (non-hydrogen) atoms. The summed E-state index contributed by atoms with van der Waals surface area (Å²) in [7, 11) is 0. The Balaban J connectivity index is 1.83. The zero-order chi connectivity index (χ0) is 18.4. The molecule has 0 saturated heterocycles. The van der Waals surface area contributed by atoms with Crippen LogP contribution in [0.1, 0.15) is 11.1 Å². The lowest BCUT2D eigenvalue weighted by Crippen LogP contribution is -2.37. The lowest BCUT2D eigenvalue weighted by atomic mass is 10.1. The molecule has 0 fully saturated rings. The van der Waals surface area contributed by atoms with Crippen LogP contribution in [0.2, 0.25) is 5.02 Å². The molecule has 0 aliphatic heterocycles. The molecule has 0 aromatic heterocycles. The fraction of sp³-hybridized carbons (Fsp3) is 0.136. The minimum Gasteiger partial charge on any atom is -0.307 e. The molecule has 2 nitrogen and oxygen atoms in total. The third kappa shape index (κ3) is 4.75. The zero-order valence-corrected chi connectivity index (χ0v) is 16.5. The monoisotopic (exact) mass is 427 g/mol. The molecule has 0 aliphatic carbocycles. The molecular formula is C22H19BrClNO. The summed E-state index contributed by atoms with van der Waals surface area (Å²) in [6.07, 6.45) is 0.538. The number of para-hydroxylation sites is 1. The van der Waals surface area contributed by atoms with Crippen molar-refractivity contribution in [2.45, 2.75) is 17.8 Å². The van der Waals surface area contributed by atoms with E-state index in [-0.39, 0.29) is 10.7 Å². The Morgan fingerprint density at radius 2 is 1.46 bits per heavy atom. The molecule has 0 bridgehead atoms. The summed E-state index contributed by atoms with van der Waals surface area (Å²) >= 11 is 9.83. The van der Waals surface area contributed by atoms with Gasteiger partial charge in [0.25, 0.3) is 0 Å². The molecule has 1 atom stereocenters. The third-order valence-corrected chi connectivity index (χ3v) is 5.23.